The third kappa shape index (κ3) is 3.32. The highest BCUT2D eigenvalue weighted by molar-refractivity contribution is 5.37. The van der Waals surface area contributed by atoms with Crippen LogP contribution in [0.4, 0.5) is 0 Å². The lowest BCUT2D eigenvalue weighted by atomic mass is 10.00. The van der Waals surface area contributed by atoms with Gasteiger partial charge >= 0.3 is 0 Å². The Hall–Kier alpha value is -1.10. The van der Waals surface area contributed by atoms with Crippen molar-refractivity contribution < 1.29 is 9.47 Å². The summed E-state index contributed by atoms with van der Waals surface area (Å²) in [5.74, 6) is 1.04. The van der Waals surface area contributed by atoms with Crippen LogP contribution in [0.1, 0.15) is 24.9 Å². The predicted octanol–water partition coefficient (Wildman–Crippen LogP) is 1.82. The topological polar surface area (TPSA) is 33.7 Å². The first-order valence-electron chi connectivity index (χ1n) is 7.61. The first-order valence-corrected chi connectivity index (χ1v) is 7.61. The number of para-hydroxylation sites is 1. The van der Waals surface area contributed by atoms with Crippen molar-refractivity contribution in [1.82, 2.24) is 10.2 Å². The normalized spacial score (nSPS) is 24.8. The van der Waals surface area contributed by atoms with Gasteiger partial charge < -0.3 is 14.8 Å². The Labute approximate surface area is 121 Å². The minimum absolute atomic E-state index is 0.413. The number of hydrogen-bond donors (Lipinski definition) is 1. The molecule has 0 bridgehead atoms. The van der Waals surface area contributed by atoms with Gasteiger partial charge in [0.25, 0.3) is 0 Å². The monoisotopic (exact) mass is 276 g/mol. The van der Waals surface area contributed by atoms with Gasteiger partial charge in [-0.1, -0.05) is 18.2 Å². The zero-order chi connectivity index (χ0) is 13.8. The zero-order valence-corrected chi connectivity index (χ0v) is 12.2. The van der Waals surface area contributed by atoms with E-state index in [1.54, 1.807) is 0 Å². The molecule has 0 aliphatic carbocycles. The molecular weight excluding hydrogens is 252 g/mol. The molecule has 0 radical (unpaired) electrons. The summed E-state index contributed by atoms with van der Waals surface area (Å²) in [6.07, 6.45) is 1.05. The van der Waals surface area contributed by atoms with Crippen molar-refractivity contribution in [2.75, 3.05) is 39.5 Å². The maximum atomic E-state index is 5.72. The molecule has 2 aliphatic rings. The largest absolute Gasteiger partial charge is 0.493 e. The highest BCUT2D eigenvalue weighted by Gasteiger charge is 2.23. The summed E-state index contributed by atoms with van der Waals surface area (Å²) >= 11 is 0. The van der Waals surface area contributed by atoms with E-state index in [0.29, 0.717) is 12.1 Å². The second kappa shape index (κ2) is 6.57. The summed E-state index contributed by atoms with van der Waals surface area (Å²) in [5.41, 5.74) is 1.30. The third-order valence-corrected chi connectivity index (χ3v) is 4.08. The van der Waals surface area contributed by atoms with Crippen molar-refractivity contribution in [2.24, 2.45) is 0 Å². The molecule has 1 aromatic rings. The fourth-order valence-corrected chi connectivity index (χ4v) is 3.08. The molecule has 4 nitrogen and oxygen atoms in total. The van der Waals surface area contributed by atoms with Crippen LogP contribution in [-0.4, -0.2) is 50.4 Å². The molecule has 3 rings (SSSR count). The quantitative estimate of drug-likeness (QED) is 0.909. The van der Waals surface area contributed by atoms with Crippen LogP contribution in [0, 0.1) is 0 Å². The van der Waals surface area contributed by atoms with Gasteiger partial charge in [0.2, 0.25) is 0 Å². The minimum Gasteiger partial charge on any atom is -0.493 e. The van der Waals surface area contributed by atoms with Crippen molar-refractivity contribution in [1.29, 1.82) is 0 Å². The van der Waals surface area contributed by atoms with E-state index >= 15 is 0 Å². The maximum absolute atomic E-state index is 5.72. The maximum Gasteiger partial charge on any atom is 0.124 e. The number of rotatable bonds is 4. The Balaban J connectivity index is 1.57. The Bertz CT molecular complexity index is 432. The van der Waals surface area contributed by atoms with E-state index in [1.165, 1.54) is 5.56 Å². The average molecular weight is 276 g/mol. The summed E-state index contributed by atoms with van der Waals surface area (Å²) in [6, 6.07) is 9.26. The van der Waals surface area contributed by atoms with Gasteiger partial charge in [-0.25, -0.2) is 0 Å². The molecule has 1 aromatic carbocycles. The number of fused-ring (bicyclic) bond motifs is 1. The van der Waals surface area contributed by atoms with Crippen molar-refractivity contribution >= 4 is 0 Å². The second-order valence-electron chi connectivity index (χ2n) is 5.71. The smallest absolute Gasteiger partial charge is 0.124 e. The Morgan fingerprint density at radius 2 is 2.05 bits per heavy atom. The molecule has 2 atom stereocenters. The Morgan fingerprint density at radius 1 is 1.25 bits per heavy atom. The van der Waals surface area contributed by atoms with Crippen LogP contribution in [0.3, 0.4) is 0 Å². The van der Waals surface area contributed by atoms with Gasteiger partial charge in [-0.2, -0.15) is 0 Å². The van der Waals surface area contributed by atoms with E-state index in [1.807, 2.05) is 6.07 Å². The summed E-state index contributed by atoms with van der Waals surface area (Å²) < 4.78 is 11.1. The van der Waals surface area contributed by atoms with Crippen molar-refractivity contribution in [3.05, 3.63) is 29.8 Å². The van der Waals surface area contributed by atoms with Gasteiger partial charge in [0.1, 0.15) is 5.75 Å². The number of nitrogens with zero attached hydrogens (tertiary/aromatic N) is 1. The van der Waals surface area contributed by atoms with Crippen LogP contribution in [-0.2, 0) is 4.74 Å². The van der Waals surface area contributed by atoms with Gasteiger partial charge in [-0.3, -0.25) is 4.90 Å². The van der Waals surface area contributed by atoms with Crippen LogP contribution < -0.4 is 10.1 Å². The summed E-state index contributed by atoms with van der Waals surface area (Å²) in [6.45, 7) is 8.00. The van der Waals surface area contributed by atoms with E-state index in [9.17, 15) is 0 Å². The summed E-state index contributed by atoms with van der Waals surface area (Å²) in [4.78, 5) is 2.48. The van der Waals surface area contributed by atoms with Gasteiger partial charge in [-0.05, 0) is 13.0 Å². The van der Waals surface area contributed by atoms with Crippen LogP contribution >= 0.6 is 0 Å². The lowest BCUT2D eigenvalue weighted by Crippen LogP contribution is -2.45. The molecule has 1 N–H and O–H groups in total. The van der Waals surface area contributed by atoms with Crippen molar-refractivity contribution in [2.45, 2.75) is 25.4 Å². The first-order chi connectivity index (χ1) is 9.83. The van der Waals surface area contributed by atoms with E-state index in [2.05, 4.69) is 35.3 Å². The van der Waals surface area contributed by atoms with Crippen LogP contribution in [0.5, 0.6) is 5.75 Å². The van der Waals surface area contributed by atoms with E-state index < -0.39 is 0 Å². The number of hydrogen-bond acceptors (Lipinski definition) is 4. The lowest BCUT2D eigenvalue weighted by molar-refractivity contribution is 0.0335. The lowest BCUT2D eigenvalue weighted by Gasteiger charge is -2.33. The molecule has 0 saturated carbocycles. The molecule has 1 saturated heterocycles. The molecule has 0 spiro atoms. The SMILES string of the molecule is CC(CN1CCOCC1)NC1CCOc2ccccc21. The molecule has 20 heavy (non-hydrogen) atoms. The van der Waals surface area contributed by atoms with Gasteiger partial charge in [-0.15, -0.1) is 0 Å². The highest BCUT2D eigenvalue weighted by atomic mass is 16.5. The molecule has 1 fully saturated rings. The number of ether oxygens (including phenoxy) is 2. The standard InChI is InChI=1S/C16H24N2O2/c1-13(12-18-7-10-19-11-8-18)17-15-6-9-20-16-5-3-2-4-14(15)16/h2-5,13,15,17H,6-12H2,1H3. The minimum atomic E-state index is 0.413. The number of benzene rings is 1. The fraction of sp³-hybridized carbons (Fsp3) is 0.625. The summed E-state index contributed by atoms with van der Waals surface area (Å²) in [5, 5.41) is 3.76. The molecule has 2 heterocycles. The van der Waals surface area contributed by atoms with E-state index in [4.69, 9.17) is 9.47 Å². The van der Waals surface area contributed by atoms with E-state index in [-0.39, 0.29) is 0 Å². The fourth-order valence-electron chi connectivity index (χ4n) is 3.08. The molecule has 4 heteroatoms. The first kappa shape index (κ1) is 13.9. The number of nitrogens with one attached hydrogen (secondary N) is 1. The molecular formula is C16H24N2O2. The number of morpholine rings is 1. The Morgan fingerprint density at radius 3 is 2.90 bits per heavy atom. The van der Waals surface area contributed by atoms with Crippen LogP contribution in [0.25, 0.3) is 0 Å². The zero-order valence-electron chi connectivity index (χ0n) is 12.2. The highest BCUT2D eigenvalue weighted by Crippen LogP contribution is 2.31. The molecule has 2 unspecified atom stereocenters. The predicted molar refractivity (Wildman–Crippen MR) is 79.2 cm³/mol. The van der Waals surface area contributed by atoms with Gasteiger partial charge in [0, 0.05) is 43.7 Å². The molecule has 110 valence electrons. The molecule has 0 amide bonds. The van der Waals surface area contributed by atoms with E-state index in [0.717, 1.165) is 51.6 Å². The average Bonchev–Trinajstić information content (AvgIpc) is 2.48. The second-order valence-corrected chi connectivity index (χ2v) is 5.71. The van der Waals surface area contributed by atoms with Gasteiger partial charge in [0.05, 0.1) is 19.8 Å². The molecule has 0 aromatic heterocycles. The van der Waals surface area contributed by atoms with Crippen molar-refractivity contribution in [3.63, 3.8) is 0 Å². The van der Waals surface area contributed by atoms with Gasteiger partial charge in [0.15, 0.2) is 0 Å². The summed E-state index contributed by atoms with van der Waals surface area (Å²) in [7, 11) is 0. The van der Waals surface area contributed by atoms with Crippen LogP contribution in [0.15, 0.2) is 24.3 Å². The molecule has 2 aliphatic heterocycles. The third-order valence-electron chi connectivity index (χ3n) is 4.08. The Kier molecular flexibility index (Phi) is 4.55. The van der Waals surface area contributed by atoms with Crippen LogP contribution in [0.2, 0.25) is 0 Å². The van der Waals surface area contributed by atoms with Crippen molar-refractivity contribution in [3.8, 4) is 5.75 Å².